The van der Waals surface area contributed by atoms with Crippen molar-refractivity contribution >= 4 is 11.8 Å². The molecule has 1 atom stereocenters. The molecule has 0 fully saturated rings. The zero-order chi connectivity index (χ0) is 17.4. The van der Waals surface area contributed by atoms with Gasteiger partial charge in [0.1, 0.15) is 0 Å². The van der Waals surface area contributed by atoms with Crippen LogP contribution in [0.15, 0.2) is 24.3 Å². The number of imide groups is 1. The van der Waals surface area contributed by atoms with E-state index in [9.17, 15) is 18.4 Å². The molecule has 0 bridgehead atoms. The fourth-order valence-corrected chi connectivity index (χ4v) is 3.07. The Kier molecular flexibility index (Phi) is 7.35. The summed E-state index contributed by atoms with van der Waals surface area (Å²) in [6.45, 7) is 0.473. The van der Waals surface area contributed by atoms with E-state index in [-0.39, 0.29) is 18.2 Å². The zero-order valence-electron chi connectivity index (χ0n) is 14.0. The Hall–Kier alpha value is -1.78. The number of unbranched alkanes of at least 4 members (excludes halogenated alkanes) is 7. The smallest absolute Gasteiger partial charge is 0.261 e. The predicted molar refractivity (Wildman–Crippen MR) is 89.4 cm³/mol. The number of rotatable bonds is 11. The molecule has 1 aromatic carbocycles. The third-order valence-corrected chi connectivity index (χ3v) is 4.43. The Morgan fingerprint density at radius 2 is 1.21 bits per heavy atom. The minimum atomic E-state index is -2.17. The molecule has 0 N–H and O–H groups in total. The van der Waals surface area contributed by atoms with Gasteiger partial charge in [0.05, 0.1) is 11.1 Å². The molecule has 1 unspecified atom stereocenters. The normalized spacial score (nSPS) is 15.0. The van der Waals surface area contributed by atoms with Crippen LogP contribution >= 0.6 is 0 Å². The molecule has 2 rings (SSSR count). The lowest BCUT2D eigenvalue weighted by Crippen LogP contribution is -2.30. The van der Waals surface area contributed by atoms with Crippen molar-refractivity contribution in [2.45, 2.75) is 64.2 Å². The second-order valence-electron chi connectivity index (χ2n) is 6.32. The molecule has 1 heterocycles. The van der Waals surface area contributed by atoms with Crippen molar-refractivity contribution in [2.75, 3.05) is 6.54 Å². The van der Waals surface area contributed by atoms with Gasteiger partial charge in [-0.2, -0.15) is 0 Å². The molecule has 2 amide bonds. The Morgan fingerprint density at radius 3 is 1.71 bits per heavy atom. The number of fused-ring (bicyclic) bond motifs is 1. The van der Waals surface area contributed by atoms with E-state index in [1.54, 1.807) is 24.3 Å². The molecule has 0 radical (unpaired) electrons. The number of carbonyl (C=O) groups is 2. The number of alkyl halides is 2. The van der Waals surface area contributed by atoms with Crippen molar-refractivity contribution in [3.8, 4) is 0 Å². The van der Waals surface area contributed by atoms with Gasteiger partial charge in [-0.15, -0.1) is 0 Å². The van der Waals surface area contributed by atoms with E-state index < -0.39 is 6.43 Å². The number of nitrogens with zero attached hydrogens (tertiary/aromatic N) is 1. The van der Waals surface area contributed by atoms with Gasteiger partial charge in [-0.05, 0) is 25.0 Å². The first-order valence-electron chi connectivity index (χ1n) is 8.84. The van der Waals surface area contributed by atoms with Crippen LogP contribution in [0.2, 0.25) is 0 Å². The molecular formula is C19H25F2NO2. The molecule has 1 aromatic rings. The lowest BCUT2D eigenvalue weighted by atomic mass is 10.1. The Bertz CT molecular complexity index is 525. The van der Waals surface area contributed by atoms with Crippen LogP contribution in [-0.2, 0) is 0 Å². The summed E-state index contributed by atoms with van der Waals surface area (Å²) in [5, 5.41) is 0. The summed E-state index contributed by atoms with van der Waals surface area (Å²) in [6.07, 6.45) is 5.32. The van der Waals surface area contributed by atoms with E-state index in [0.29, 0.717) is 24.1 Å². The summed E-state index contributed by atoms with van der Waals surface area (Å²) in [5.41, 5.74) is 1.01. The molecule has 3 nitrogen and oxygen atoms in total. The molecule has 0 aromatic heterocycles. The molecular weight excluding hydrogens is 311 g/mol. The summed E-state index contributed by atoms with van der Waals surface area (Å²) in [6, 6.07) is 6.94. The number of halogens is 2. The monoisotopic (exact) mass is 336 g/mol. The predicted octanol–water partition coefficient (Wildman–Crippen LogP) is 5.06. The van der Waals surface area contributed by atoms with Crippen LogP contribution in [0.4, 0.5) is 8.78 Å². The number of carbonyl (C=O) groups excluding carboxylic acids is 2. The molecule has 132 valence electrons. The summed E-state index contributed by atoms with van der Waals surface area (Å²) in [4.78, 5) is 25.7. The van der Waals surface area contributed by atoms with Crippen molar-refractivity contribution in [1.29, 1.82) is 0 Å². The summed E-state index contributed by atoms with van der Waals surface area (Å²) in [7, 11) is 0. The van der Waals surface area contributed by atoms with Crippen LogP contribution in [0.1, 0.15) is 78.5 Å². The summed E-state index contributed by atoms with van der Waals surface area (Å²) < 4.78 is 23.9. The van der Waals surface area contributed by atoms with E-state index in [1.165, 1.54) is 4.90 Å². The largest absolute Gasteiger partial charge is 0.274 e. The SMILES string of the molecule is O=C1c2ccccc2C(=O)N1CCCCCCCCCCC(F)[18F]. The maximum absolute atomic E-state index is 12.2. The van der Waals surface area contributed by atoms with Gasteiger partial charge >= 0.3 is 0 Å². The second-order valence-corrected chi connectivity index (χ2v) is 6.32. The highest BCUT2D eigenvalue weighted by atomic mass is 19.2. The van der Waals surface area contributed by atoms with Crippen LogP contribution in [0.25, 0.3) is 0 Å². The van der Waals surface area contributed by atoms with E-state index >= 15 is 0 Å². The summed E-state index contributed by atoms with van der Waals surface area (Å²) >= 11 is 0. The average Bonchev–Trinajstić information content (AvgIpc) is 2.81. The van der Waals surface area contributed by atoms with Gasteiger partial charge < -0.3 is 0 Å². The maximum atomic E-state index is 12.2. The van der Waals surface area contributed by atoms with Crippen LogP contribution in [-0.4, -0.2) is 29.7 Å². The highest BCUT2D eigenvalue weighted by Crippen LogP contribution is 2.23. The van der Waals surface area contributed by atoms with Gasteiger partial charge in [-0.25, -0.2) is 8.78 Å². The second kappa shape index (κ2) is 9.50. The van der Waals surface area contributed by atoms with Crippen LogP contribution in [0, 0.1) is 0 Å². The van der Waals surface area contributed by atoms with E-state index in [0.717, 1.165) is 44.9 Å². The molecule has 24 heavy (non-hydrogen) atoms. The van der Waals surface area contributed by atoms with Crippen molar-refractivity contribution in [3.05, 3.63) is 35.4 Å². The van der Waals surface area contributed by atoms with Gasteiger partial charge in [0, 0.05) is 13.0 Å². The number of benzene rings is 1. The molecule has 5 heteroatoms. The number of hydrogen-bond acceptors (Lipinski definition) is 2. The molecule has 0 saturated carbocycles. The molecule has 0 spiro atoms. The number of hydrogen-bond donors (Lipinski definition) is 0. The highest BCUT2D eigenvalue weighted by Gasteiger charge is 2.34. The van der Waals surface area contributed by atoms with E-state index in [4.69, 9.17) is 0 Å². The fraction of sp³-hybridized carbons (Fsp3) is 0.579. The van der Waals surface area contributed by atoms with Crippen molar-refractivity contribution in [2.24, 2.45) is 0 Å². The maximum Gasteiger partial charge on any atom is 0.261 e. The third kappa shape index (κ3) is 5.11. The zero-order valence-corrected chi connectivity index (χ0v) is 14.0. The van der Waals surface area contributed by atoms with Gasteiger partial charge in [0.25, 0.3) is 11.8 Å². The highest BCUT2D eigenvalue weighted by molar-refractivity contribution is 6.21. The first-order chi connectivity index (χ1) is 11.6. The Balaban J connectivity index is 1.54. The van der Waals surface area contributed by atoms with Gasteiger partial charge in [0.2, 0.25) is 6.43 Å². The van der Waals surface area contributed by atoms with Gasteiger partial charge in [-0.3, -0.25) is 14.5 Å². The minimum Gasteiger partial charge on any atom is -0.274 e. The van der Waals surface area contributed by atoms with Crippen LogP contribution < -0.4 is 0 Å². The topological polar surface area (TPSA) is 37.4 Å². The average molecular weight is 336 g/mol. The lowest BCUT2D eigenvalue weighted by molar-refractivity contribution is 0.0651. The lowest BCUT2D eigenvalue weighted by Gasteiger charge is -2.13. The Morgan fingerprint density at radius 1 is 0.750 bits per heavy atom. The van der Waals surface area contributed by atoms with Gasteiger partial charge in [-0.1, -0.05) is 50.7 Å². The van der Waals surface area contributed by atoms with Crippen molar-refractivity contribution < 1.29 is 18.4 Å². The van der Waals surface area contributed by atoms with Gasteiger partial charge in [0.15, 0.2) is 0 Å². The quantitative estimate of drug-likeness (QED) is 0.418. The fourth-order valence-electron chi connectivity index (χ4n) is 3.07. The first kappa shape index (κ1) is 18.6. The molecule has 1 aliphatic rings. The van der Waals surface area contributed by atoms with E-state index in [1.807, 2.05) is 0 Å². The Labute approximate surface area is 142 Å². The minimum absolute atomic E-state index is 0.0142. The summed E-state index contributed by atoms with van der Waals surface area (Å²) in [5.74, 6) is -0.371. The third-order valence-electron chi connectivity index (χ3n) is 4.43. The molecule has 0 aliphatic carbocycles. The molecule has 1 aliphatic heterocycles. The number of amides is 2. The first-order valence-corrected chi connectivity index (χ1v) is 8.84. The van der Waals surface area contributed by atoms with Crippen LogP contribution in [0.5, 0.6) is 0 Å². The van der Waals surface area contributed by atoms with Crippen molar-refractivity contribution in [3.63, 3.8) is 0 Å². The molecule has 0 saturated heterocycles. The van der Waals surface area contributed by atoms with Crippen molar-refractivity contribution in [1.82, 2.24) is 4.90 Å². The van der Waals surface area contributed by atoms with E-state index in [2.05, 4.69) is 0 Å². The standard InChI is InChI=1S/C19H25F2NO2/c20-17(21)13-7-5-3-1-2-4-6-10-14-22-18(23)15-11-8-9-12-16(15)19(22)24/h8-9,11-12,17H,1-7,10,13-14H2/i20-1. The van der Waals surface area contributed by atoms with Crippen LogP contribution in [0.3, 0.4) is 0 Å².